The molecule has 0 aliphatic carbocycles. The quantitative estimate of drug-likeness (QED) is 0.414. The Hall–Kier alpha value is -3.82. The second-order valence-corrected chi connectivity index (χ2v) is 10.3. The molecule has 0 bridgehead atoms. The van der Waals surface area contributed by atoms with Crippen LogP contribution in [0.5, 0.6) is 17.2 Å². The van der Waals surface area contributed by atoms with Gasteiger partial charge < -0.3 is 29.0 Å². The fourth-order valence-corrected chi connectivity index (χ4v) is 4.99. The van der Waals surface area contributed by atoms with E-state index in [9.17, 15) is 19.8 Å². The Labute approximate surface area is 207 Å². The molecule has 1 spiro atoms. The number of carbonyl (C=O) groups is 2. The molecule has 182 valence electrons. The number of phenols is 1. The summed E-state index contributed by atoms with van der Waals surface area (Å²) in [7, 11) is -0.651. The van der Waals surface area contributed by atoms with Crippen molar-refractivity contribution in [1.29, 1.82) is 0 Å². The third-order valence-corrected chi connectivity index (χ3v) is 7.59. The highest BCUT2D eigenvalue weighted by molar-refractivity contribution is 6.62. The van der Waals surface area contributed by atoms with E-state index in [0.29, 0.717) is 27.9 Å². The van der Waals surface area contributed by atoms with Crippen molar-refractivity contribution in [1.82, 2.24) is 0 Å². The third-order valence-electron chi connectivity index (χ3n) is 7.59. The van der Waals surface area contributed by atoms with Crippen molar-refractivity contribution in [3.63, 3.8) is 0 Å². The number of phenolic OH excluding ortho intramolecular Hbond substituents is 1. The number of carboxylic acid groups (broad SMARTS) is 1. The molecule has 1 saturated heterocycles. The van der Waals surface area contributed by atoms with Crippen LogP contribution >= 0.6 is 0 Å². The first-order valence-corrected chi connectivity index (χ1v) is 11.6. The average Bonchev–Trinajstić information content (AvgIpc) is 3.22. The van der Waals surface area contributed by atoms with Crippen molar-refractivity contribution >= 4 is 24.5 Å². The van der Waals surface area contributed by atoms with Gasteiger partial charge in [0.1, 0.15) is 17.2 Å². The summed E-state index contributed by atoms with van der Waals surface area (Å²) in [6.45, 7) is 7.85. The number of carbonyl (C=O) groups excluding carboxylic acids is 1. The van der Waals surface area contributed by atoms with E-state index in [0.717, 1.165) is 0 Å². The maximum Gasteiger partial charge on any atom is 0.494 e. The lowest BCUT2D eigenvalue weighted by Gasteiger charge is -2.36. The van der Waals surface area contributed by atoms with E-state index in [1.165, 1.54) is 30.3 Å². The van der Waals surface area contributed by atoms with Crippen LogP contribution in [0.25, 0.3) is 0 Å². The summed E-state index contributed by atoms with van der Waals surface area (Å²) in [5.41, 5.74) is -0.148. The lowest BCUT2D eigenvalue weighted by atomic mass is 9.73. The Bertz CT molecular complexity index is 1460. The van der Waals surface area contributed by atoms with Gasteiger partial charge in [-0.3, -0.25) is 0 Å². The molecule has 1 unspecified atom stereocenters. The second kappa shape index (κ2) is 7.12. The first kappa shape index (κ1) is 22.6. The largest absolute Gasteiger partial charge is 0.508 e. The molecule has 0 amide bonds. The summed E-state index contributed by atoms with van der Waals surface area (Å²) in [5, 5.41) is 19.8. The summed E-state index contributed by atoms with van der Waals surface area (Å²) in [6, 6.07) is 14.2. The molecule has 3 aromatic rings. The van der Waals surface area contributed by atoms with Crippen LogP contribution in [0.15, 0.2) is 54.6 Å². The Morgan fingerprint density at radius 1 is 0.833 bits per heavy atom. The van der Waals surface area contributed by atoms with E-state index < -0.39 is 35.9 Å². The zero-order valence-corrected chi connectivity index (χ0v) is 20.1. The van der Waals surface area contributed by atoms with Gasteiger partial charge in [0.05, 0.1) is 22.3 Å². The molecule has 0 saturated carbocycles. The van der Waals surface area contributed by atoms with Gasteiger partial charge in [0.2, 0.25) is 0 Å². The number of carboxylic acids is 1. The summed E-state index contributed by atoms with van der Waals surface area (Å²) in [4.78, 5) is 24.8. The smallest absolute Gasteiger partial charge is 0.494 e. The fraction of sp³-hybridized carbons (Fsp3) is 0.259. The van der Waals surface area contributed by atoms with Crippen LogP contribution in [0.1, 0.15) is 65.1 Å². The number of benzene rings is 3. The second-order valence-electron chi connectivity index (χ2n) is 10.3. The molecule has 1 atom stereocenters. The van der Waals surface area contributed by atoms with E-state index in [2.05, 4.69) is 0 Å². The van der Waals surface area contributed by atoms with Crippen LogP contribution < -0.4 is 10.2 Å². The van der Waals surface area contributed by atoms with Gasteiger partial charge in [0, 0.05) is 22.8 Å². The summed E-state index contributed by atoms with van der Waals surface area (Å²) < 4.78 is 24.6. The lowest BCUT2D eigenvalue weighted by molar-refractivity contribution is 0.00578. The Morgan fingerprint density at radius 2 is 1.47 bits per heavy atom. The molecule has 9 heteroatoms. The summed E-state index contributed by atoms with van der Waals surface area (Å²) in [5.74, 6) is -1.07. The van der Waals surface area contributed by atoms with E-state index in [1.54, 1.807) is 18.2 Å². The zero-order valence-electron chi connectivity index (χ0n) is 20.1. The van der Waals surface area contributed by atoms with Gasteiger partial charge in [0.15, 0.2) is 5.60 Å². The molecule has 3 aliphatic rings. The molecule has 0 aromatic heterocycles. The number of esters is 1. The van der Waals surface area contributed by atoms with Gasteiger partial charge in [-0.25, -0.2) is 9.59 Å². The van der Waals surface area contributed by atoms with Crippen molar-refractivity contribution in [2.45, 2.75) is 44.5 Å². The molecular formula is C27H23BO8. The normalized spacial score (nSPS) is 22.4. The van der Waals surface area contributed by atoms with Crippen LogP contribution in [0.4, 0.5) is 0 Å². The SMILES string of the molecule is CC1(C)OB(c2ccc3c(c2)Oc2cc(O)ccc2C32OC(=O)c3ccc(C(=O)O)cc32)OC1(C)C. The van der Waals surface area contributed by atoms with Crippen LogP contribution in [0, 0.1) is 0 Å². The predicted octanol–water partition coefficient (Wildman–Crippen LogP) is 3.96. The maximum absolute atomic E-state index is 13.0. The van der Waals surface area contributed by atoms with E-state index >= 15 is 0 Å². The van der Waals surface area contributed by atoms with Gasteiger partial charge in [0.25, 0.3) is 0 Å². The summed E-state index contributed by atoms with van der Waals surface area (Å²) >= 11 is 0. The van der Waals surface area contributed by atoms with Crippen LogP contribution in [0.3, 0.4) is 0 Å². The third kappa shape index (κ3) is 2.96. The molecule has 2 N–H and O–H groups in total. The topological polar surface area (TPSA) is 112 Å². The fourth-order valence-electron chi connectivity index (χ4n) is 4.99. The number of rotatable bonds is 2. The molecule has 3 heterocycles. The van der Waals surface area contributed by atoms with Crippen molar-refractivity contribution in [3.8, 4) is 17.2 Å². The lowest BCUT2D eigenvalue weighted by Crippen LogP contribution is -2.41. The highest BCUT2D eigenvalue weighted by Crippen LogP contribution is 2.56. The van der Waals surface area contributed by atoms with Crippen LogP contribution in [0.2, 0.25) is 0 Å². The zero-order chi connectivity index (χ0) is 25.6. The molecule has 0 radical (unpaired) electrons. The van der Waals surface area contributed by atoms with E-state index in [1.807, 2.05) is 33.8 Å². The van der Waals surface area contributed by atoms with E-state index in [-0.39, 0.29) is 22.6 Å². The predicted molar refractivity (Wildman–Crippen MR) is 129 cm³/mol. The molecule has 1 fully saturated rings. The summed E-state index contributed by atoms with van der Waals surface area (Å²) in [6.07, 6.45) is 0. The standard InChI is InChI=1S/C27H23BO8/c1-25(2)26(3,4)36-28(35-25)15-6-9-18-21(12-15)33-22-13-16(29)7-10-19(22)27(18)20-11-14(23(30)31)5-8-17(20)24(32)34-27/h5-13,29H,1-4H3,(H,30,31). The van der Waals surface area contributed by atoms with Gasteiger partial charge in [-0.1, -0.05) is 12.1 Å². The number of aromatic carboxylic acids is 1. The monoisotopic (exact) mass is 486 g/mol. The van der Waals surface area contributed by atoms with Gasteiger partial charge in [-0.05, 0) is 69.6 Å². The van der Waals surface area contributed by atoms with E-state index in [4.69, 9.17) is 18.8 Å². The molecule has 3 aliphatic heterocycles. The van der Waals surface area contributed by atoms with Gasteiger partial charge in [-0.2, -0.15) is 0 Å². The minimum Gasteiger partial charge on any atom is -0.508 e. The van der Waals surface area contributed by atoms with Crippen LogP contribution in [-0.2, 0) is 19.6 Å². The van der Waals surface area contributed by atoms with Crippen molar-refractivity contribution in [2.24, 2.45) is 0 Å². The number of hydrogen-bond acceptors (Lipinski definition) is 7. The Morgan fingerprint density at radius 3 is 2.14 bits per heavy atom. The van der Waals surface area contributed by atoms with Crippen LogP contribution in [-0.4, -0.2) is 40.5 Å². The van der Waals surface area contributed by atoms with Crippen molar-refractivity contribution in [2.75, 3.05) is 0 Å². The molecule has 3 aromatic carbocycles. The minimum absolute atomic E-state index is 0.0219. The molecule has 36 heavy (non-hydrogen) atoms. The Kier molecular flexibility index (Phi) is 4.48. The first-order chi connectivity index (χ1) is 16.9. The number of fused-ring (bicyclic) bond motifs is 6. The van der Waals surface area contributed by atoms with Crippen molar-refractivity contribution < 1.29 is 38.6 Å². The average molecular weight is 486 g/mol. The highest BCUT2D eigenvalue weighted by Gasteiger charge is 2.55. The maximum atomic E-state index is 13.0. The molecule has 6 rings (SSSR count). The highest BCUT2D eigenvalue weighted by atomic mass is 16.7. The minimum atomic E-state index is -1.46. The molecule has 8 nitrogen and oxygen atoms in total. The van der Waals surface area contributed by atoms with Crippen molar-refractivity contribution in [3.05, 3.63) is 82.4 Å². The first-order valence-electron chi connectivity index (χ1n) is 11.6. The molecular weight excluding hydrogens is 463 g/mol. The Balaban J connectivity index is 1.57. The number of hydrogen-bond donors (Lipinski definition) is 2. The number of ether oxygens (including phenoxy) is 2. The number of aromatic hydroxyl groups is 1. The van der Waals surface area contributed by atoms with Gasteiger partial charge in [-0.15, -0.1) is 0 Å². The van der Waals surface area contributed by atoms with Gasteiger partial charge >= 0.3 is 19.1 Å².